The van der Waals surface area contributed by atoms with Gasteiger partial charge in [0.2, 0.25) is 5.60 Å². The number of carbonyl (C=O) groups excluding carboxylic acids is 2. The van der Waals surface area contributed by atoms with Gasteiger partial charge in [-0.05, 0) is 24.6 Å². The SMILES string of the molecule is CC[C@@]1(OC(=O)CCC(=O)O)C(=O)OCc2c1cc1n(c2=O)Cc2cc3ccccc3nc2-1.[Na+]. The zero-order valence-electron chi connectivity index (χ0n) is 18.8. The van der Waals surface area contributed by atoms with Crippen LogP contribution in [0.4, 0.5) is 0 Å². The third kappa shape index (κ3) is 3.73. The van der Waals surface area contributed by atoms with Crippen LogP contribution in [0, 0.1) is 0 Å². The number of hydrogen-bond acceptors (Lipinski definition) is 7. The van der Waals surface area contributed by atoms with Crippen LogP contribution in [0.2, 0.25) is 0 Å². The first-order chi connectivity index (χ1) is 15.8. The first-order valence-electron chi connectivity index (χ1n) is 10.6. The summed E-state index contributed by atoms with van der Waals surface area (Å²) in [5, 5.41) is 9.81. The van der Waals surface area contributed by atoms with Crippen molar-refractivity contribution in [2.45, 2.75) is 44.9 Å². The van der Waals surface area contributed by atoms with Crippen molar-refractivity contribution < 1.29 is 58.5 Å². The minimum absolute atomic E-state index is 0. The minimum Gasteiger partial charge on any atom is -0.481 e. The van der Waals surface area contributed by atoms with Gasteiger partial charge >= 0.3 is 47.5 Å². The van der Waals surface area contributed by atoms with Crippen molar-refractivity contribution in [3.05, 3.63) is 63.4 Å². The van der Waals surface area contributed by atoms with E-state index in [0.29, 0.717) is 17.9 Å². The third-order valence-corrected chi connectivity index (χ3v) is 6.22. The zero-order chi connectivity index (χ0) is 23.3. The number of carboxylic acid groups (broad SMARTS) is 1. The van der Waals surface area contributed by atoms with E-state index in [1.807, 2.05) is 30.3 Å². The molecule has 3 aromatic rings. The molecular formula is C24H20N2NaO7+. The van der Waals surface area contributed by atoms with E-state index in [-0.39, 0.29) is 59.3 Å². The molecule has 9 nitrogen and oxygen atoms in total. The number of nitrogens with zero attached hydrogens (tertiary/aromatic N) is 2. The fourth-order valence-electron chi connectivity index (χ4n) is 4.54. The minimum atomic E-state index is -1.82. The van der Waals surface area contributed by atoms with Crippen LogP contribution in [0.1, 0.15) is 42.9 Å². The number of benzene rings is 1. The number of hydrogen-bond donors (Lipinski definition) is 1. The molecule has 0 radical (unpaired) electrons. The normalized spacial score (nSPS) is 17.7. The molecule has 0 aliphatic carbocycles. The molecule has 0 spiro atoms. The molecule has 1 atom stereocenters. The first kappa shape index (κ1) is 24.1. The van der Waals surface area contributed by atoms with Crippen LogP contribution in [0.15, 0.2) is 41.2 Å². The molecule has 2 aliphatic rings. The summed E-state index contributed by atoms with van der Waals surface area (Å²) in [7, 11) is 0. The number of aliphatic carboxylic acids is 1. The second-order valence-electron chi connectivity index (χ2n) is 8.13. The Morgan fingerprint density at radius 3 is 2.71 bits per heavy atom. The van der Waals surface area contributed by atoms with Crippen molar-refractivity contribution >= 4 is 28.8 Å². The summed E-state index contributed by atoms with van der Waals surface area (Å²) >= 11 is 0. The molecule has 2 aromatic heterocycles. The van der Waals surface area contributed by atoms with E-state index in [0.717, 1.165) is 16.5 Å². The summed E-state index contributed by atoms with van der Waals surface area (Å²) in [5.41, 5.74) is 1.17. The van der Waals surface area contributed by atoms with Gasteiger partial charge in [-0.1, -0.05) is 25.1 Å². The van der Waals surface area contributed by atoms with Gasteiger partial charge in [0.1, 0.15) is 6.61 Å². The Kier molecular flexibility index (Phi) is 6.37. The number of fused-ring (bicyclic) bond motifs is 5. The quantitative estimate of drug-likeness (QED) is 0.305. The predicted octanol–water partition coefficient (Wildman–Crippen LogP) is -0.501. The van der Waals surface area contributed by atoms with Gasteiger partial charge < -0.3 is 19.1 Å². The summed E-state index contributed by atoms with van der Waals surface area (Å²) < 4.78 is 12.4. The molecule has 4 heterocycles. The number of cyclic esters (lactones) is 1. The molecule has 1 N–H and O–H groups in total. The monoisotopic (exact) mass is 471 g/mol. The summed E-state index contributed by atoms with van der Waals surface area (Å²) in [6.45, 7) is 1.75. The second kappa shape index (κ2) is 8.98. The van der Waals surface area contributed by atoms with Crippen LogP contribution >= 0.6 is 0 Å². The van der Waals surface area contributed by atoms with E-state index < -0.39 is 36.4 Å². The van der Waals surface area contributed by atoms with E-state index in [9.17, 15) is 19.2 Å². The number of ether oxygens (including phenoxy) is 2. The van der Waals surface area contributed by atoms with E-state index in [2.05, 4.69) is 0 Å². The zero-order valence-corrected chi connectivity index (χ0v) is 20.8. The van der Waals surface area contributed by atoms with E-state index in [4.69, 9.17) is 19.6 Å². The molecule has 10 heteroatoms. The summed E-state index contributed by atoms with van der Waals surface area (Å²) in [6.07, 6.45) is -0.809. The summed E-state index contributed by atoms with van der Waals surface area (Å²) in [6, 6.07) is 11.3. The van der Waals surface area contributed by atoms with Crippen LogP contribution in [0.25, 0.3) is 22.3 Å². The average molecular weight is 471 g/mol. The maximum atomic E-state index is 13.4. The van der Waals surface area contributed by atoms with Gasteiger partial charge in [-0.2, -0.15) is 0 Å². The molecule has 34 heavy (non-hydrogen) atoms. The van der Waals surface area contributed by atoms with Gasteiger partial charge in [0.05, 0.1) is 41.9 Å². The van der Waals surface area contributed by atoms with Gasteiger partial charge in [0, 0.05) is 16.5 Å². The van der Waals surface area contributed by atoms with Crippen molar-refractivity contribution in [1.82, 2.24) is 9.55 Å². The maximum Gasteiger partial charge on any atom is 1.00 e. The van der Waals surface area contributed by atoms with Crippen LogP contribution in [0.3, 0.4) is 0 Å². The predicted molar refractivity (Wildman–Crippen MR) is 115 cm³/mol. The Bertz CT molecular complexity index is 1410. The van der Waals surface area contributed by atoms with Gasteiger partial charge in [0.25, 0.3) is 5.56 Å². The Labute approximate surface area is 216 Å². The molecular weight excluding hydrogens is 451 g/mol. The number of carboxylic acids is 1. The molecule has 1 aromatic carbocycles. The van der Waals surface area contributed by atoms with E-state index in [1.54, 1.807) is 17.6 Å². The Morgan fingerprint density at radius 2 is 1.97 bits per heavy atom. The molecule has 0 fully saturated rings. The van der Waals surface area contributed by atoms with Crippen LogP contribution in [-0.4, -0.2) is 32.6 Å². The molecule has 5 rings (SSSR count). The van der Waals surface area contributed by atoms with Crippen molar-refractivity contribution in [2.24, 2.45) is 0 Å². The van der Waals surface area contributed by atoms with Crippen molar-refractivity contribution in [2.75, 3.05) is 0 Å². The topological polar surface area (TPSA) is 125 Å². The number of para-hydroxylation sites is 1. The smallest absolute Gasteiger partial charge is 0.481 e. The van der Waals surface area contributed by atoms with Crippen molar-refractivity contribution in [3.63, 3.8) is 0 Å². The Balaban J connectivity index is 0.00000274. The van der Waals surface area contributed by atoms with Gasteiger partial charge in [-0.3, -0.25) is 14.4 Å². The van der Waals surface area contributed by atoms with Gasteiger partial charge in [0.15, 0.2) is 0 Å². The molecule has 0 amide bonds. The van der Waals surface area contributed by atoms with Gasteiger partial charge in [-0.25, -0.2) is 9.78 Å². The number of carbonyl (C=O) groups is 3. The molecule has 0 unspecified atom stereocenters. The second-order valence-corrected chi connectivity index (χ2v) is 8.13. The van der Waals surface area contributed by atoms with Gasteiger partial charge in [-0.15, -0.1) is 0 Å². The van der Waals surface area contributed by atoms with Crippen LogP contribution in [-0.2, 0) is 42.6 Å². The number of aromatic nitrogens is 2. The van der Waals surface area contributed by atoms with Crippen molar-refractivity contribution in [1.29, 1.82) is 0 Å². The number of esters is 2. The summed E-state index contributed by atoms with van der Waals surface area (Å²) in [4.78, 5) is 54.3. The summed E-state index contributed by atoms with van der Waals surface area (Å²) in [5.74, 6) is -2.79. The maximum absolute atomic E-state index is 13.4. The standard InChI is InChI=1S/C24H20N2O7.Na/c1-2-24(33-20(29)8-7-19(27)28)16-10-18-21-14(9-13-5-3-4-6-17(13)25-21)11-26(18)22(30)15(16)12-32-23(24)31;/h3-6,9-10H,2,7-8,11-12H2,1H3,(H,27,28);/q;+1/t24-;/m0./s1. The largest absolute Gasteiger partial charge is 1.00 e. The average Bonchev–Trinajstić information content (AvgIpc) is 3.16. The molecule has 0 saturated heterocycles. The fraction of sp³-hybridized carbons (Fsp3) is 0.292. The fourth-order valence-corrected chi connectivity index (χ4v) is 4.54. The number of pyridine rings is 2. The molecule has 0 bridgehead atoms. The van der Waals surface area contributed by atoms with Crippen LogP contribution < -0.4 is 35.1 Å². The van der Waals surface area contributed by atoms with E-state index in [1.165, 1.54) is 0 Å². The molecule has 2 aliphatic heterocycles. The Hall–Kier alpha value is -3.01. The number of rotatable bonds is 5. The first-order valence-corrected chi connectivity index (χ1v) is 10.6. The third-order valence-electron chi connectivity index (χ3n) is 6.22. The van der Waals surface area contributed by atoms with Crippen molar-refractivity contribution in [3.8, 4) is 11.4 Å². The van der Waals surface area contributed by atoms with Crippen LogP contribution in [0.5, 0.6) is 0 Å². The molecule has 0 saturated carbocycles. The molecule has 168 valence electrons. The van der Waals surface area contributed by atoms with E-state index >= 15 is 0 Å². The Morgan fingerprint density at radius 1 is 1.21 bits per heavy atom.